The van der Waals surface area contributed by atoms with Crippen LogP contribution in [0.25, 0.3) is 21.8 Å². The van der Waals surface area contributed by atoms with Crippen LogP contribution < -0.4 is 10.6 Å². The maximum absolute atomic E-state index is 5.51. The molecule has 2 heterocycles. The highest BCUT2D eigenvalue weighted by molar-refractivity contribution is 7.80. The summed E-state index contributed by atoms with van der Waals surface area (Å²) in [7, 11) is 0. The van der Waals surface area contributed by atoms with E-state index in [4.69, 9.17) is 12.2 Å². The second kappa shape index (κ2) is 6.69. The number of aromatic nitrogens is 2. The minimum Gasteiger partial charge on any atom is -0.332 e. The predicted molar refractivity (Wildman–Crippen MR) is 113 cm³/mol. The van der Waals surface area contributed by atoms with E-state index < -0.39 is 0 Å². The smallest absolute Gasteiger partial charge is 0.175 e. The number of aryl methyl sites for hydroxylation is 2. The zero-order valence-corrected chi connectivity index (χ0v) is 15.4. The molecule has 0 radical (unpaired) electrons. The molecule has 0 spiro atoms. The number of hydrogen-bond acceptors (Lipinski definition) is 3. The zero-order valence-electron chi connectivity index (χ0n) is 14.6. The van der Waals surface area contributed by atoms with E-state index >= 15 is 0 Å². The first kappa shape index (κ1) is 16.4. The third kappa shape index (κ3) is 3.09. The Labute approximate surface area is 157 Å². The molecule has 0 aliphatic carbocycles. The molecule has 0 saturated heterocycles. The Morgan fingerprint density at radius 2 is 1.62 bits per heavy atom. The van der Waals surface area contributed by atoms with Crippen LogP contribution in [0.2, 0.25) is 0 Å². The first-order valence-corrected chi connectivity index (χ1v) is 8.80. The normalized spacial score (nSPS) is 10.8. The SMILES string of the molecule is Cc1ccc(NC(=S)Nc2cc3cccnc3c3cccnc23)cc1C. The van der Waals surface area contributed by atoms with Gasteiger partial charge in [-0.15, -0.1) is 0 Å². The highest BCUT2D eigenvalue weighted by atomic mass is 32.1. The molecule has 0 saturated carbocycles. The molecule has 4 aromatic rings. The van der Waals surface area contributed by atoms with Gasteiger partial charge in [0.1, 0.15) is 0 Å². The first-order chi connectivity index (χ1) is 12.6. The quantitative estimate of drug-likeness (QED) is 0.380. The number of pyridine rings is 2. The minimum absolute atomic E-state index is 0.531. The van der Waals surface area contributed by atoms with Crippen molar-refractivity contribution in [3.8, 4) is 0 Å². The fraction of sp³-hybridized carbons (Fsp3) is 0.0952. The summed E-state index contributed by atoms with van der Waals surface area (Å²) in [6.45, 7) is 4.18. The third-order valence-corrected chi connectivity index (χ3v) is 4.67. The Kier molecular flexibility index (Phi) is 4.22. The topological polar surface area (TPSA) is 49.8 Å². The third-order valence-electron chi connectivity index (χ3n) is 4.47. The van der Waals surface area contributed by atoms with Crippen molar-refractivity contribution >= 4 is 50.5 Å². The van der Waals surface area contributed by atoms with Crippen molar-refractivity contribution in [2.75, 3.05) is 10.6 Å². The molecule has 4 rings (SSSR count). The summed E-state index contributed by atoms with van der Waals surface area (Å²) in [5, 5.41) is 9.12. The van der Waals surface area contributed by atoms with Crippen LogP contribution in [0.3, 0.4) is 0 Å². The second-order valence-corrected chi connectivity index (χ2v) is 6.69. The van der Waals surface area contributed by atoms with Gasteiger partial charge in [-0.3, -0.25) is 9.97 Å². The van der Waals surface area contributed by atoms with Crippen molar-refractivity contribution in [3.63, 3.8) is 0 Å². The van der Waals surface area contributed by atoms with E-state index in [-0.39, 0.29) is 0 Å². The molecule has 0 atom stereocenters. The van der Waals surface area contributed by atoms with Crippen LogP contribution in [0.15, 0.2) is 60.9 Å². The van der Waals surface area contributed by atoms with Crippen molar-refractivity contribution in [3.05, 3.63) is 72.1 Å². The highest BCUT2D eigenvalue weighted by Gasteiger charge is 2.10. The van der Waals surface area contributed by atoms with Crippen molar-refractivity contribution in [2.45, 2.75) is 13.8 Å². The maximum atomic E-state index is 5.51. The average molecular weight is 358 g/mol. The van der Waals surface area contributed by atoms with Gasteiger partial charge >= 0.3 is 0 Å². The highest BCUT2D eigenvalue weighted by Crippen LogP contribution is 2.29. The fourth-order valence-corrected chi connectivity index (χ4v) is 3.22. The summed E-state index contributed by atoms with van der Waals surface area (Å²) in [4.78, 5) is 9.03. The van der Waals surface area contributed by atoms with E-state index in [0.29, 0.717) is 5.11 Å². The molecule has 5 heteroatoms. The summed E-state index contributed by atoms with van der Waals surface area (Å²) in [5.74, 6) is 0. The summed E-state index contributed by atoms with van der Waals surface area (Å²) in [6.07, 6.45) is 3.58. The van der Waals surface area contributed by atoms with Crippen molar-refractivity contribution in [1.29, 1.82) is 0 Å². The van der Waals surface area contributed by atoms with Crippen LogP contribution in [0.5, 0.6) is 0 Å². The molecule has 0 fully saturated rings. The van der Waals surface area contributed by atoms with Crippen molar-refractivity contribution in [2.24, 2.45) is 0 Å². The van der Waals surface area contributed by atoms with Crippen LogP contribution in [-0.2, 0) is 0 Å². The number of rotatable bonds is 2. The number of hydrogen-bond donors (Lipinski definition) is 2. The lowest BCUT2D eigenvalue weighted by atomic mass is 10.1. The Hall–Kier alpha value is -3.05. The van der Waals surface area contributed by atoms with E-state index in [9.17, 15) is 0 Å². The summed E-state index contributed by atoms with van der Waals surface area (Å²) in [6, 6.07) is 16.2. The molecule has 4 nitrogen and oxygen atoms in total. The summed E-state index contributed by atoms with van der Waals surface area (Å²) in [5.41, 5.74) is 6.10. The standard InChI is InChI=1S/C21H18N4S/c1-13-7-8-16(11-14(13)2)24-21(26)25-18-12-15-5-3-9-22-19(15)17-6-4-10-23-20(17)18/h3-12H,1-2H3,(H2,24,25,26). The van der Waals surface area contributed by atoms with Gasteiger partial charge in [0.25, 0.3) is 0 Å². The van der Waals surface area contributed by atoms with E-state index in [2.05, 4.69) is 46.6 Å². The van der Waals surface area contributed by atoms with Crippen LogP contribution in [-0.4, -0.2) is 15.1 Å². The molecule has 2 aromatic carbocycles. The van der Waals surface area contributed by atoms with Crippen molar-refractivity contribution in [1.82, 2.24) is 9.97 Å². The molecule has 26 heavy (non-hydrogen) atoms. The van der Waals surface area contributed by atoms with Gasteiger partial charge in [0.15, 0.2) is 5.11 Å². The minimum atomic E-state index is 0.531. The van der Waals surface area contributed by atoms with Gasteiger partial charge in [0.2, 0.25) is 0 Å². The fourth-order valence-electron chi connectivity index (χ4n) is 2.99. The number of nitrogens with zero attached hydrogens (tertiary/aromatic N) is 2. The molecule has 2 N–H and O–H groups in total. The lowest BCUT2D eigenvalue weighted by Crippen LogP contribution is -2.19. The Bertz CT molecular complexity index is 1140. The Balaban J connectivity index is 1.69. The van der Waals surface area contributed by atoms with Gasteiger partial charge in [-0.2, -0.15) is 0 Å². The van der Waals surface area contributed by atoms with Gasteiger partial charge in [-0.1, -0.05) is 12.1 Å². The Morgan fingerprint density at radius 3 is 2.42 bits per heavy atom. The summed E-state index contributed by atoms with van der Waals surface area (Å²) < 4.78 is 0. The number of benzene rings is 2. The molecule has 0 bridgehead atoms. The van der Waals surface area contributed by atoms with E-state index in [1.165, 1.54) is 11.1 Å². The molecule has 0 aliphatic heterocycles. The molecule has 128 valence electrons. The zero-order chi connectivity index (χ0) is 18.1. The van der Waals surface area contributed by atoms with Crippen LogP contribution in [0, 0.1) is 13.8 Å². The van der Waals surface area contributed by atoms with Gasteiger partial charge < -0.3 is 10.6 Å². The maximum Gasteiger partial charge on any atom is 0.175 e. The molecular weight excluding hydrogens is 340 g/mol. The summed E-state index contributed by atoms with van der Waals surface area (Å²) >= 11 is 5.51. The largest absolute Gasteiger partial charge is 0.332 e. The van der Waals surface area contributed by atoms with Gasteiger partial charge in [-0.25, -0.2) is 0 Å². The van der Waals surface area contributed by atoms with Gasteiger partial charge in [0, 0.05) is 28.9 Å². The van der Waals surface area contributed by atoms with E-state index in [1.54, 1.807) is 12.4 Å². The number of fused-ring (bicyclic) bond motifs is 3. The lowest BCUT2D eigenvalue weighted by molar-refractivity contribution is 1.34. The monoisotopic (exact) mass is 358 g/mol. The van der Waals surface area contributed by atoms with E-state index in [1.807, 2.05) is 36.4 Å². The first-order valence-electron chi connectivity index (χ1n) is 8.39. The Morgan fingerprint density at radius 1 is 0.846 bits per heavy atom. The molecule has 2 aromatic heterocycles. The average Bonchev–Trinajstić information content (AvgIpc) is 2.65. The van der Waals surface area contributed by atoms with Crippen LogP contribution in [0.1, 0.15) is 11.1 Å². The van der Waals surface area contributed by atoms with Crippen LogP contribution >= 0.6 is 12.2 Å². The number of thiocarbonyl (C=S) groups is 1. The molecular formula is C21H18N4S. The van der Waals surface area contributed by atoms with Gasteiger partial charge in [0.05, 0.1) is 16.7 Å². The molecule has 0 amide bonds. The van der Waals surface area contributed by atoms with Crippen molar-refractivity contribution < 1.29 is 0 Å². The predicted octanol–water partition coefficient (Wildman–Crippen LogP) is 5.21. The van der Waals surface area contributed by atoms with Gasteiger partial charge in [-0.05, 0) is 73.6 Å². The second-order valence-electron chi connectivity index (χ2n) is 6.28. The number of anilines is 2. The molecule has 0 unspecified atom stereocenters. The number of nitrogens with one attached hydrogen (secondary N) is 2. The molecule has 0 aliphatic rings. The van der Waals surface area contributed by atoms with E-state index in [0.717, 1.165) is 33.2 Å². The lowest BCUT2D eigenvalue weighted by Gasteiger charge is -2.14. The van der Waals surface area contributed by atoms with Crippen LogP contribution in [0.4, 0.5) is 11.4 Å².